The zero-order chi connectivity index (χ0) is 8.55. The van der Waals surface area contributed by atoms with Crippen LogP contribution in [0.5, 0.6) is 0 Å². The fourth-order valence-electron chi connectivity index (χ4n) is 2.49. The standard InChI is InChI=1S/C9H16BrNO/c10-7-3-4-8(12)9-6(7)2-1-5-11-9/h6-9,11-12H,1-5H2. The lowest BCUT2D eigenvalue weighted by Crippen LogP contribution is -2.54. The molecule has 2 N–H and O–H groups in total. The van der Waals surface area contributed by atoms with Crippen LogP contribution in [-0.4, -0.2) is 28.6 Å². The van der Waals surface area contributed by atoms with Crippen LogP contribution in [0.4, 0.5) is 0 Å². The van der Waals surface area contributed by atoms with Crippen LogP contribution in [0.2, 0.25) is 0 Å². The number of hydrogen-bond donors (Lipinski definition) is 2. The Hall–Kier alpha value is 0.400. The highest BCUT2D eigenvalue weighted by Gasteiger charge is 2.38. The van der Waals surface area contributed by atoms with Crippen LogP contribution in [0.25, 0.3) is 0 Å². The summed E-state index contributed by atoms with van der Waals surface area (Å²) in [6.07, 6.45) is 4.50. The van der Waals surface area contributed by atoms with Crippen LogP contribution in [-0.2, 0) is 0 Å². The predicted octanol–water partition coefficient (Wildman–Crippen LogP) is 1.27. The Morgan fingerprint density at radius 1 is 1.25 bits per heavy atom. The number of nitrogens with one attached hydrogen (secondary N) is 1. The molecule has 12 heavy (non-hydrogen) atoms. The number of hydrogen-bond acceptors (Lipinski definition) is 2. The molecule has 0 aromatic heterocycles. The van der Waals surface area contributed by atoms with E-state index in [2.05, 4.69) is 21.2 Å². The van der Waals surface area contributed by atoms with Gasteiger partial charge >= 0.3 is 0 Å². The second-order valence-corrected chi connectivity index (χ2v) is 5.12. The van der Waals surface area contributed by atoms with E-state index in [1.165, 1.54) is 12.8 Å². The van der Waals surface area contributed by atoms with Gasteiger partial charge in [-0.2, -0.15) is 0 Å². The van der Waals surface area contributed by atoms with Crippen LogP contribution < -0.4 is 5.32 Å². The summed E-state index contributed by atoms with van der Waals surface area (Å²) in [5.41, 5.74) is 0. The number of fused-ring (bicyclic) bond motifs is 1. The topological polar surface area (TPSA) is 32.3 Å². The van der Waals surface area contributed by atoms with E-state index >= 15 is 0 Å². The van der Waals surface area contributed by atoms with Gasteiger partial charge in [-0.1, -0.05) is 15.9 Å². The maximum atomic E-state index is 9.74. The lowest BCUT2D eigenvalue weighted by molar-refractivity contribution is 0.0468. The number of rotatable bonds is 0. The molecule has 0 bridgehead atoms. The first-order valence-electron chi connectivity index (χ1n) is 4.84. The highest BCUT2D eigenvalue weighted by molar-refractivity contribution is 9.09. The summed E-state index contributed by atoms with van der Waals surface area (Å²) in [6.45, 7) is 1.08. The Morgan fingerprint density at radius 3 is 2.83 bits per heavy atom. The predicted molar refractivity (Wildman–Crippen MR) is 52.5 cm³/mol. The van der Waals surface area contributed by atoms with Gasteiger partial charge in [-0.25, -0.2) is 0 Å². The number of halogens is 1. The lowest BCUT2D eigenvalue weighted by atomic mass is 9.78. The fraction of sp³-hybridized carbons (Fsp3) is 1.00. The van der Waals surface area contributed by atoms with E-state index in [0.717, 1.165) is 19.4 Å². The number of piperidine rings is 1. The molecule has 2 nitrogen and oxygen atoms in total. The smallest absolute Gasteiger partial charge is 0.0696 e. The largest absolute Gasteiger partial charge is 0.391 e. The van der Waals surface area contributed by atoms with Gasteiger partial charge < -0.3 is 10.4 Å². The van der Waals surface area contributed by atoms with Gasteiger partial charge in [-0.15, -0.1) is 0 Å². The third kappa shape index (κ3) is 1.54. The van der Waals surface area contributed by atoms with Crippen molar-refractivity contribution in [3.8, 4) is 0 Å². The molecule has 0 aromatic carbocycles. The number of aliphatic hydroxyl groups is 1. The van der Waals surface area contributed by atoms with Crippen LogP contribution in [0.15, 0.2) is 0 Å². The maximum absolute atomic E-state index is 9.74. The first-order chi connectivity index (χ1) is 5.79. The molecule has 0 amide bonds. The summed E-state index contributed by atoms with van der Waals surface area (Å²) in [5, 5.41) is 13.2. The molecule has 1 saturated heterocycles. The number of alkyl halides is 1. The van der Waals surface area contributed by atoms with E-state index in [-0.39, 0.29) is 6.10 Å². The highest BCUT2D eigenvalue weighted by atomic mass is 79.9. The van der Waals surface area contributed by atoms with E-state index in [0.29, 0.717) is 16.8 Å². The molecule has 4 atom stereocenters. The summed E-state index contributed by atoms with van der Waals surface area (Å²) >= 11 is 3.71. The van der Waals surface area contributed by atoms with Crippen LogP contribution in [0, 0.1) is 5.92 Å². The Morgan fingerprint density at radius 2 is 2.08 bits per heavy atom. The lowest BCUT2D eigenvalue weighted by Gasteiger charge is -2.42. The van der Waals surface area contributed by atoms with Gasteiger partial charge in [0.1, 0.15) is 0 Å². The minimum absolute atomic E-state index is 0.107. The van der Waals surface area contributed by atoms with Crippen molar-refractivity contribution < 1.29 is 5.11 Å². The summed E-state index contributed by atoms with van der Waals surface area (Å²) in [5.74, 6) is 0.655. The van der Waals surface area contributed by atoms with E-state index in [1.54, 1.807) is 0 Å². The van der Waals surface area contributed by atoms with E-state index < -0.39 is 0 Å². The average molecular weight is 234 g/mol. The van der Waals surface area contributed by atoms with Gasteiger partial charge in [-0.05, 0) is 38.1 Å². The second-order valence-electron chi connectivity index (χ2n) is 3.95. The number of aliphatic hydroxyl groups excluding tert-OH is 1. The summed E-state index contributed by atoms with van der Waals surface area (Å²) in [6, 6.07) is 0.358. The van der Waals surface area contributed by atoms with Gasteiger partial charge in [0, 0.05) is 10.9 Å². The van der Waals surface area contributed by atoms with Crippen LogP contribution >= 0.6 is 15.9 Å². The molecule has 70 valence electrons. The zero-order valence-electron chi connectivity index (χ0n) is 7.17. The Balaban J connectivity index is 2.05. The molecule has 0 aromatic rings. The van der Waals surface area contributed by atoms with Crippen LogP contribution in [0.1, 0.15) is 25.7 Å². The Bertz CT molecular complexity index is 147. The summed E-state index contributed by atoms with van der Waals surface area (Å²) in [4.78, 5) is 0.624. The maximum Gasteiger partial charge on any atom is 0.0696 e. The molecule has 2 aliphatic rings. The van der Waals surface area contributed by atoms with Gasteiger partial charge in [0.15, 0.2) is 0 Å². The summed E-state index contributed by atoms with van der Waals surface area (Å²) in [7, 11) is 0. The molecule has 2 fully saturated rings. The molecular formula is C9H16BrNO. The van der Waals surface area contributed by atoms with Gasteiger partial charge in [-0.3, -0.25) is 0 Å². The van der Waals surface area contributed by atoms with Crippen molar-refractivity contribution in [2.24, 2.45) is 5.92 Å². The molecular weight excluding hydrogens is 218 g/mol. The SMILES string of the molecule is OC1CCC(Br)C2CCCNC12. The van der Waals surface area contributed by atoms with Crippen molar-refractivity contribution in [1.29, 1.82) is 0 Å². The average Bonchev–Trinajstić information content (AvgIpc) is 2.12. The molecule has 2 rings (SSSR count). The van der Waals surface area contributed by atoms with Crippen LogP contribution in [0.3, 0.4) is 0 Å². The first-order valence-corrected chi connectivity index (χ1v) is 5.76. The molecule has 1 aliphatic heterocycles. The molecule has 4 unspecified atom stereocenters. The molecule has 3 heteroatoms. The van der Waals surface area contributed by atoms with Crippen molar-refractivity contribution >= 4 is 15.9 Å². The molecule has 0 spiro atoms. The van der Waals surface area contributed by atoms with Gasteiger partial charge in [0.05, 0.1) is 6.10 Å². The molecule has 1 heterocycles. The summed E-state index contributed by atoms with van der Waals surface area (Å²) < 4.78 is 0. The monoisotopic (exact) mass is 233 g/mol. The normalized spacial score (nSPS) is 48.5. The van der Waals surface area contributed by atoms with E-state index in [4.69, 9.17) is 0 Å². The molecule has 0 radical (unpaired) electrons. The zero-order valence-corrected chi connectivity index (χ0v) is 8.76. The third-order valence-corrected chi connectivity index (χ3v) is 4.31. The van der Waals surface area contributed by atoms with Crippen molar-refractivity contribution in [3.63, 3.8) is 0 Å². The van der Waals surface area contributed by atoms with Crippen molar-refractivity contribution in [3.05, 3.63) is 0 Å². The Labute approximate surface area is 81.9 Å². The quantitative estimate of drug-likeness (QED) is 0.619. The van der Waals surface area contributed by atoms with E-state index in [9.17, 15) is 5.11 Å². The van der Waals surface area contributed by atoms with Crippen molar-refractivity contribution in [2.75, 3.05) is 6.54 Å². The minimum atomic E-state index is -0.107. The highest BCUT2D eigenvalue weighted by Crippen LogP contribution is 2.35. The second kappa shape index (κ2) is 3.64. The fourth-order valence-corrected chi connectivity index (χ4v) is 3.35. The van der Waals surface area contributed by atoms with E-state index in [1.807, 2.05) is 0 Å². The van der Waals surface area contributed by atoms with Gasteiger partial charge in [0.2, 0.25) is 0 Å². The molecule has 1 aliphatic carbocycles. The third-order valence-electron chi connectivity index (χ3n) is 3.17. The van der Waals surface area contributed by atoms with Crippen molar-refractivity contribution in [2.45, 2.75) is 42.7 Å². The van der Waals surface area contributed by atoms with Crippen molar-refractivity contribution in [1.82, 2.24) is 5.32 Å². The first kappa shape index (κ1) is 8.97. The van der Waals surface area contributed by atoms with Gasteiger partial charge in [0.25, 0.3) is 0 Å². The Kier molecular flexibility index (Phi) is 2.72. The molecule has 1 saturated carbocycles. The minimum Gasteiger partial charge on any atom is -0.391 e.